The quantitative estimate of drug-likeness (QED) is 0.176. The number of aryl methyl sites for hydroxylation is 2. The Kier molecular flexibility index (Phi) is 7.42. The lowest BCUT2D eigenvalue weighted by Crippen LogP contribution is -2.00. The van der Waals surface area contributed by atoms with Gasteiger partial charge in [0.15, 0.2) is 0 Å². The van der Waals surface area contributed by atoms with Crippen molar-refractivity contribution in [3.8, 4) is 34.1 Å². The van der Waals surface area contributed by atoms with E-state index in [0.717, 1.165) is 62.8 Å². The average molecular weight is 595 g/mol. The zero-order valence-corrected chi connectivity index (χ0v) is 26.0. The molecule has 0 fully saturated rings. The van der Waals surface area contributed by atoms with Crippen LogP contribution in [0.5, 0.6) is 11.5 Å². The third kappa shape index (κ3) is 5.48. The second-order valence-corrected chi connectivity index (χ2v) is 12.1. The van der Waals surface area contributed by atoms with Crippen molar-refractivity contribution < 1.29 is 9.13 Å². The summed E-state index contributed by atoms with van der Waals surface area (Å²) in [4.78, 5) is 4.53. The number of pyridine rings is 1. The summed E-state index contributed by atoms with van der Waals surface area (Å²) in [5.41, 5.74) is 8.42. The molecule has 4 aromatic carbocycles. The molecule has 3 heterocycles. The topological polar surface area (TPSA) is 44.9 Å². The van der Waals surface area contributed by atoms with E-state index >= 15 is 0 Å². The molecule has 7 rings (SSSR count). The highest BCUT2D eigenvalue weighted by Gasteiger charge is 2.17. The molecule has 0 aliphatic carbocycles. The summed E-state index contributed by atoms with van der Waals surface area (Å²) < 4.78 is 24.9. The summed E-state index contributed by atoms with van der Waals surface area (Å²) in [5, 5.41) is 7.06. The largest absolute Gasteiger partial charge is 0.457 e. The summed E-state index contributed by atoms with van der Waals surface area (Å²) >= 11 is 0. The van der Waals surface area contributed by atoms with Crippen molar-refractivity contribution in [1.82, 2.24) is 19.3 Å². The van der Waals surface area contributed by atoms with Gasteiger partial charge in [0.2, 0.25) is 0 Å². The van der Waals surface area contributed by atoms with Crippen molar-refractivity contribution in [3.05, 3.63) is 132 Å². The van der Waals surface area contributed by atoms with Gasteiger partial charge in [-0.1, -0.05) is 56.3 Å². The molecule has 6 heteroatoms. The molecule has 0 bridgehead atoms. The summed E-state index contributed by atoms with van der Waals surface area (Å²) in [7, 11) is 0. The number of hydrogen-bond donors (Lipinski definition) is 0. The van der Waals surface area contributed by atoms with Crippen LogP contribution in [0, 0.1) is 25.6 Å². The van der Waals surface area contributed by atoms with Crippen LogP contribution in [0.1, 0.15) is 37.2 Å². The first kappa shape index (κ1) is 28.5. The number of ether oxygens (including phenoxy) is 1. The van der Waals surface area contributed by atoms with Crippen molar-refractivity contribution in [2.75, 3.05) is 0 Å². The predicted octanol–water partition coefficient (Wildman–Crippen LogP) is 10.2. The Bertz CT molecular complexity index is 2160. The highest BCUT2D eigenvalue weighted by atomic mass is 19.1. The number of rotatable bonds is 8. The van der Waals surface area contributed by atoms with Crippen LogP contribution >= 0.6 is 0 Å². The molecule has 5 nitrogen and oxygen atoms in total. The van der Waals surface area contributed by atoms with E-state index in [-0.39, 0.29) is 5.82 Å². The van der Waals surface area contributed by atoms with E-state index < -0.39 is 0 Å². The molecule has 0 unspecified atom stereocenters. The molecule has 3 aromatic heterocycles. The number of benzene rings is 4. The highest BCUT2D eigenvalue weighted by Crippen LogP contribution is 2.36. The van der Waals surface area contributed by atoms with Crippen LogP contribution in [-0.2, 0) is 6.42 Å². The van der Waals surface area contributed by atoms with Gasteiger partial charge in [0.1, 0.15) is 23.1 Å². The third-order valence-electron chi connectivity index (χ3n) is 8.40. The molecule has 0 saturated carbocycles. The van der Waals surface area contributed by atoms with Gasteiger partial charge in [-0.2, -0.15) is 5.10 Å². The van der Waals surface area contributed by atoms with Crippen LogP contribution < -0.4 is 4.74 Å². The van der Waals surface area contributed by atoms with Gasteiger partial charge in [-0.05, 0) is 86.2 Å². The maximum atomic E-state index is 14.4. The Morgan fingerprint density at radius 2 is 1.60 bits per heavy atom. The first-order valence-corrected chi connectivity index (χ1v) is 15.4. The van der Waals surface area contributed by atoms with E-state index in [4.69, 9.17) is 9.84 Å². The second-order valence-electron chi connectivity index (χ2n) is 12.1. The van der Waals surface area contributed by atoms with Gasteiger partial charge in [-0.3, -0.25) is 4.57 Å². The van der Waals surface area contributed by atoms with Crippen LogP contribution in [-0.4, -0.2) is 19.3 Å². The Balaban J connectivity index is 1.28. The fourth-order valence-electron chi connectivity index (χ4n) is 6.22. The maximum Gasteiger partial charge on any atom is 0.140 e. The molecule has 0 saturated heterocycles. The Morgan fingerprint density at radius 1 is 0.778 bits per heavy atom. The number of hydrogen-bond acceptors (Lipinski definition) is 3. The molecular weight excluding hydrogens is 559 g/mol. The normalized spacial score (nSPS) is 11.6. The number of aromatic nitrogens is 4. The molecule has 45 heavy (non-hydrogen) atoms. The molecule has 0 aliphatic heterocycles. The first-order valence-electron chi connectivity index (χ1n) is 15.4. The van der Waals surface area contributed by atoms with Crippen LogP contribution in [0.4, 0.5) is 4.39 Å². The van der Waals surface area contributed by atoms with Crippen LogP contribution in [0.15, 0.2) is 109 Å². The average Bonchev–Trinajstić information content (AvgIpc) is 3.52. The van der Waals surface area contributed by atoms with E-state index in [1.165, 1.54) is 23.9 Å². The summed E-state index contributed by atoms with van der Waals surface area (Å²) in [6, 6.07) is 33.8. The summed E-state index contributed by atoms with van der Waals surface area (Å²) in [6.45, 7) is 8.63. The van der Waals surface area contributed by atoms with Crippen molar-refractivity contribution in [1.29, 1.82) is 0 Å². The van der Waals surface area contributed by atoms with Crippen LogP contribution in [0.3, 0.4) is 0 Å². The second kappa shape index (κ2) is 11.7. The predicted molar refractivity (Wildman–Crippen MR) is 180 cm³/mol. The fraction of sp³-hybridized carbons (Fsp3) is 0.179. The fourth-order valence-corrected chi connectivity index (χ4v) is 6.22. The first-order chi connectivity index (χ1) is 21.9. The molecule has 224 valence electrons. The molecule has 0 amide bonds. The minimum absolute atomic E-state index is 0.327. The van der Waals surface area contributed by atoms with E-state index in [9.17, 15) is 4.39 Å². The summed E-state index contributed by atoms with van der Waals surface area (Å²) in [6.07, 6.45) is 3.64. The Morgan fingerprint density at radius 3 is 2.40 bits per heavy atom. The Labute approximate surface area is 262 Å². The van der Waals surface area contributed by atoms with Gasteiger partial charge in [0.05, 0.1) is 22.4 Å². The minimum Gasteiger partial charge on any atom is -0.457 e. The van der Waals surface area contributed by atoms with E-state index in [0.29, 0.717) is 23.2 Å². The van der Waals surface area contributed by atoms with Gasteiger partial charge in [-0.15, -0.1) is 0 Å². The van der Waals surface area contributed by atoms with Crippen molar-refractivity contribution in [2.24, 2.45) is 5.92 Å². The molecule has 0 spiro atoms. The van der Waals surface area contributed by atoms with Crippen molar-refractivity contribution in [2.45, 2.75) is 40.5 Å². The Hall–Kier alpha value is -5.23. The maximum absolute atomic E-state index is 14.4. The number of fused-ring (bicyclic) bond motifs is 3. The van der Waals surface area contributed by atoms with Gasteiger partial charge < -0.3 is 4.74 Å². The van der Waals surface area contributed by atoms with E-state index in [2.05, 4.69) is 62.2 Å². The zero-order chi connectivity index (χ0) is 31.1. The van der Waals surface area contributed by atoms with E-state index in [1.807, 2.05) is 70.8 Å². The van der Waals surface area contributed by atoms with Gasteiger partial charge >= 0.3 is 0 Å². The third-order valence-corrected chi connectivity index (χ3v) is 8.40. The van der Waals surface area contributed by atoms with Gasteiger partial charge in [0, 0.05) is 46.4 Å². The van der Waals surface area contributed by atoms with Crippen molar-refractivity contribution >= 4 is 21.8 Å². The van der Waals surface area contributed by atoms with Gasteiger partial charge in [0.25, 0.3) is 0 Å². The number of halogens is 1. The van der Waals surface area contributed by atoms with Gasteiger partial charge in [-0.25, -0.2) is 14.1 Å². The minimum atomic E-state index is -0.327. The summed E-state index contributed by atoms with van der Waals surface area (Å²) in [5.74, 6) is 2.21. The lowest BCUT2D eigenvalue weighted by atomic mass is 10.0. The lowest BCUT2D eigenvalue weighted by molar-refractivity contribution is 0.482. The molecular formula is C39H35FN4O. The standard InChI is InChI=1S/C39H35FN4O/c1-25(2)13-14-28-15-18-36-35(21-28)34-17-16-33(24-37(34)43(36)38-22-30(40)19-20-41-38)45-32-12-8-11-31(23-32)44-27(4)39(26(3)42-44)29-9-6-5-7-10-29/h5-12,15-25H,13-14H2,1-4H3. The van der Waals surface area contributed by atoms with Crippen LogP contribution in [0.25, 0.3) is 44.4 Å². The molecule has 0 N–H and O–H groups in total. The number of nitrogens with zero attached hydrogens (tertiary/aromatic N) is 4. The SMILES string of the molecule is Cc1nn(-c2cccc(Oc3ccc4c5cc(CCC(C)C)ccc5n(-c5cc(F)ccn5)c4c3)c2)c(C)c1-c1ccccc1. The smallest absolute Gasteiger partial charge is 0.140 e. The molecule has 0 atom stereocenters. The monoisotopic (exact) mass is 594 g/mol. The highest BCUT2D eigenvalue weighted by molar-refractivity contribution is 6.09. The molecule has 0 radical (unpaired) electrons. The molecule has 0 aliphatic rings. The molecule has 7 aromatic rings. The lowest BCUT2D eigenvalue weighted by Gasteiger charge is -2.11. The van der Waals surface area contributed by atoms with Crippen LogP contribution in [0.2, 0.25) is 0 Å². The van der Waals surface area contributed by atoms with Crippen molar-refractivity contribution in [3.63, 3.8) is 0 Å². The van der Waals surface area contributed by atoms with E-state index in [1.54, 1.807) is 0 Å². The zero-order valence-electron chi connectivity index (χ0n) is 26.0.